The smallest absolute Gasteiger partial charge is 0.274 e. The van der Waals surface area contributed by atoms with Crippen LogP contribution in [0.4, 0.5) is 5.69 Å². The lowest BCUT2D eigenvalue weighted by Gasteiger charge is -2.14. The van der Waals surface area contributed by atoms with Crippen molar-refractivity contribution < 1.29 is 9.66 Å². The van der Waals surface area contributed by atoms with Gasteiger partial charge in [0.15, 0.2) is 0 Å². The summed E-state index contributed by atoms with van der Waals surface area (Å²) in [5.74, 6) is 0. The molecule has 0 aliphatic rings. The van der Waals surface area contributed by atoms with Crippen molar-refractivity contribution in [2.24, 2.45) is 0 Å². The van der Waals surface area contributed by atoms with Crippen molar-refractivity contribution >= 4 is 17.3 Å². The second-order valence-corrected chi connectivity index (χ2v) is 4.45. The molecule has 100 valence electrons. The van der Waals surface area contributed by atoms with Crippen LogP contribution in [0.5, 0.6) is 0 Å². The van der Waals surface area contributed by atoms with Gasteiger partial charge in [-0.05, 0) is 26.0 Å². The molecule has 18 heavy (non-hydrogen) atoms. The predicted octanol–water partition coefficient (Wildman–Crippen LogP) is 2.42. The lowest BCUT2D eigenvalue weighted by atomic mass is 10.0. The molecule has 6 heteroatoms. The van der Waals surface area contributed by atoms with Gasteiger partial charge in [0.1, 0.15) is 0 Å². The van der Waals surface area contributed by atoms with Crippen LogP contribution in [0.15, 0.2) is 18.2 Å². The first-order valence-corrected chi connectivity index (χ1v) is 6.05. The Balaban J connectivity index is 2.74. The van der Waals surface area contributed by atoms with Gasteiger partial charge in [0.2, 0.25) is 0 Å². The molecule has 0 saturated heterocycles. The van der Waals surface area contributed by atoms with Crippen LogP contribution in [0, 0.1) is 10.1 Å². The largest absolute Gasteiger partial charge is 0.383 e. The number of hydrogen-bond acceptors (Lipinski definition) is 4. The SMILES string of the molecule is CNC(CCc1ccc(Cl)cc1[N+](=O)[O-])COC. The third-order valence-electron chi connectivity index (χ3n) is 2.78. The predicted molar refractivity (Wildman–Crippen MR) is 71.2 cm³/mol. The fourth-order valence-electron chi connectivity index (χ4n) is 1.76. The Morgan fingerprint density at radius 3 is 2.83 bits per heavy atom. The summed E-state index contributed by atoms with van der Waals surface area (Å²) in [5, 5.41) is 14.4. The lowest BCUT2D eigenvalue weighted by molar-refractivity contribution is -0.385. The van der Waals surface area contributed by atoms with Crippen molar-refractivity contribution in [1.29, 1.82) is 0 Å². The standard InChI is InChI=1S/C12H17ClN2O3/c1-14-11(8-18-2)6-4-9-3-5-10(13)7-12(9)15(16)17/h3,5,7,11,14H,4,6,8H2,1-2H3. The Morgan fingerprint density at radius 1 is 1.56 bits per heavy atom. The highest BCUT2D eigenvalue weighted by Gasteiger charge is 2.15. The minimum Gasteiger partial charge on any atom is -0.383 e. The summed E-state index contributed by atoms with van der Waals surface area (Å²) >= 11 is 5.76. The average Bonchev–Trinajstić information content (AvgIpc) is 2.35. The summed E-state index contributed by atoms with van der Waals surface area (Å²) in [6, 6.07) is 4.96. The molecule has 1 unspecified atom stereocenters. The number of ether oxygens (including phenoxy) is 1. The molecule has 0 aliphatic carbocycles. The zero-order valence-electron chi connectivity index (χ0n) is 10.5. The monoisotopic (exact) mass is 272 g/mol. The highest BCUT2D eigenvalue weighted by molar-refractivity contribution is 6.30. The number of nitrogens with zero attached hydrogens (tertiary/aromatic N) is 1. The van der Waals surface area contributed by atoms with Crippen molar-refractivity contribution in [3.8, 4) is 0 Å². The Kier molecular flexibility index (Phi) is 6.04. The third kappa shape index (κ3) is 4.25. The van der Waals surface area contributed by atoms with E-state index in [4.69, 9.17) is 16.3 Å². The van der Waals surface area contributed by atoms with Crippen molar-refractivity contribution in [1.82, 2.24) is 5.32 Å². The molecule has 0 saturated carbocycles. The number of likely N-dealkylation sites (N-methyl/N-ethyl adjacent to an activating group) is 1. The summed E-state index contributed by atoms with van der Waals surface area (Å²) in [4.78, 5) is 10.5. The maximum absolute atomic E-state index is 10.9. The molecule has 1 N–H and O–H groups in total. The normalized spacial score (nSPS) is 12.4. The molecule has 1 rings (SSSR count). The summed E-state index contributed by atoms with van der Waals surface area (Å²) in [6.45, 7) is 0.581. The number of hydrogen-bond donors (Lipinski definition) is 1. The molecule has 0 fully saturated rings. The molecule has 0 heterocycles. The van der Waals surface area contributed by atoms with Crippen LogP contribution in [0.2, 0.25) is 5.02 Å². The molecule has 0 aliphatic heterocycles. The van der Waals surface area contributed by atoms with Crippen LogP contribution in [-0.2, 0) is 11.2 Å². The van der Waals surface area contributed by atoms with E-state index in [0.29, 0.717) is 23.6 Å². The van der Waals surface area contributed by atoms with E-state index in [2.05, 4.69) is 5.32 Å². The molecule has 1 aromatic carbocycles. The van der Waals surface area contributed by atoms with E-state index in [1.807, 2.05) is 7.05 Å². The Morgan fingerprint density at radius 2 is 2.28 bits per heavy atom. The van der Waals surface area contributed by atoms with Crippen molar-refractivity contribution in [2.75, 3.05) is 20.8 Å². The molecule has 1 atom stereocenters. The lowest BCUT2D eigenvalue weighted by Crippen LogP contribution is -2.30. The molecular weight excluding hydrogens is 256 g/mol. The Bertz CT molecular complexity index is 412. The highest BCUT2D eigenvalue weighted by Crippen LogP contribution is 2.24. The van der Waals surface area contributed by atoms with Crippen LogP contribution < -0.4 is 5.32 Å². The summed E-state index contributed by atoms with van der Waals surface area (Å²) < 4.78 is 5.06. The van der Waals surface area contributed by atoms with Gasteiger partial charge in [-0.15, -0.1) is 0 Å². The van der Waals surface area contributed by atoms with Gasteiger partial charge in [0.25, 0.3) is 5.69 Å². The third-order valence-corrected chi connectivity index (χ3v) is 3.02. The van der Waals surface area contributed by atoms with E-state index in [1.54, 1.807) is 19.2 Å². The fourth-order valence-corrected chi connectivity index (χ4v) is 1.93. The first kappa shape index (κ1) is 14.9. The summed E-state index contributed by atoms with van der Waals surface area (Å²) in [7, 11) is 3.48. The number of rotatable bonds is 7. The van der Waals surface area contributed by atoms with Crippen LogP contribution in [0.3, 0.4) is 0 Å². The zero-order chi connectivity index (χ0) is 13.5. The van der Waals surface area contributed by atoms with Crippen molar-refractivity contribution in [3.05, 3.63) is 38.9 Å². The van der Waals surface area contributed by atoms with Crippen LogP contribution in [0.25, 0.3) is 0 Å². The molecule has 0 spiro atoms. The van der Waals surface area contributed by atoms with Gasteiger partial charge in [-0.25, -0.2) is 0 Å². The number of nitro benzene ring substituents is 1. The number of benzene rings is 1. The van der Waals surface area contributed by atoms with Gasteiger partial charge in [0.05, 0.1) is 11.5 Å². The first-order chi connectivity index (χ1) is 8.58. The van der Waals surface area contributed by atoms with E-state index >= 15 is 0 Å². The van der Waals surface area contributed by atoms with E-state index in [9.17, 15) is 10.1 Å². The van der Waals surface area contributed by atoms with Crippen molar-refractivity contribution in [3.63, 3.8) is 0 Å². The molecule has 1 aromatic rings. The molecule has 0 bridgehead atoms. The first-order valence-electron chi connectivity index (χ1n) is 5.67. The number of halogens is 1. The van der Waals surface area contributed by atoms with Gasteiger partial charge < -0.3 is 10.1 Å². The highest BCUT2D eigenvalue weighted by atomic mass is 35.5. The second kappa shape index (κ2) is 7.31. The summed E-state index contributed by atoms with van der Waals surface area (Å²) in [5.41, 5.74) is 0.774. The summed E-state index contributed by atoms with van der Waals surface area (Å²) in [6.07, 6.45) is 1.38. The molecule has 0 radical (unpaired) electrons. The second-order valence-electron chi connectivity index (χ2n) is 4.01. The molecule has 0 aromatic heterocycles. The Hall–Kier alpha value is -1.17. The van der Waals surface area contributed by atoms with Crippen LogP contribution >= 0.6 is 11.6 Å². The molecular formula is C12H17ClN2O3. The maximum Gasteiger partial charge on any atom is 0.274 e. The van der Waals surface area contributed by atoms with E-state index in [1.165, 1.54) is 6.07 Å². The number of nitrogens with one attached hydrogen (secondary N) is 1. The average molecular weight is 273 g/mol. The van der Waals surface area contributed by atoms with E-state index in [-0.39, 0.29) is 11.7 Å². The quantitative estimate of drug-likeness (QED) is 0.611. The number of aryl methyl sites for hydroxylation is 1. The molecule has 5 nitrogen and oxygen atoms in total. The van der Waals surface area contributed by atoms with Crippen LogP contribution in [0.1, 0.15) is 12.0 Å². The van der Waals surface area contributed by atoms with E-state index < -0.39 is 4.92 Å². The van der Waals surface area contributed by atoms with Gasteiger partial charge >= 0.3 is 0 Å². The van der Waals surface area contributed by atoms with Gasteiger partial charge in [-0.1, -0.05) is 17.7 Å². The van der Waals surface area contributed by atoms with E-state index in [0.717, 1.165) is 6.42 Å². The number of methoxy groups -OCH3 is 1. The fraction of sp³-hybridized carbons (Fsp3) is 0.500. The van der Waals surface area contributed by atoms with Gasteiger partial charge in [-0.3, -0.25) is 10.1 Å². The van der Waals surface area contributed by atoms with Crippen molar-refractivity contribution in [2.45, 2.75) is 18.9 Å². The zero-order valence-corrected chi connectivity index (χ0v) is 11.2. The minimum atomic E-state index is -0.397. The topological polar surface area (TPSA) is 64.4 Å². The van der Waals surface area contributed by atoms with Gasteiger partial charge in [0, 0.05) is 29.8 Å². The molecule has 0 amide bonds. The minimum absolute atomic E-state index is 0.0785. The van der Waals surface area contributed by atoms with Gasteiger partial charge in [-0.2, -0.15) is 0 Å². The van der Waals surface area contributed by atoms with Crippen LogP contribution in [-0.4, -0.2) is 31.7 Å². The maximum atomic E-state index is 10.9. The number of nitro groups is 1. The Labute approximate surface area is 111 Å².